The van der Waals surface area contributed by atoms with E-state index in [4.69, 9.17) is 21.1 Å². The van der Waals surface area contributed by atoms with Crippen LogP contribution < -0.4 is 14.4 Å². The molecule has 1 amide bonds. The van der Waals surface area contributed by atoms with E-state index in [1.807, 2.05) is 38.2 Å². The lowest BCUT2D eigenvalue weighted by atomic mass is 9.81. The maximum Gasteiger partial charge on any atom is 0.238 e. The Bertz CT molecular complexity index is 1410. The molecule has 1 fully saturated rings. The van der Waals surface area contributed by atoms with Gasteiger partial charge >= 0.3 is 0 Å². The van der Waals surface area contributed by atoms with Crippen LogP contribution in [0, 0.1) is 12.8 Å². The molecule has 7 nitrogen and oxygen atoms in total. The molecule has 9 heteroatoms. The molecule has 3 heterocycles. The van der Waals surface area contributed by atoms with Crippen LogP contribution in [-0.2, 0) is 22.5 Å². The van der Waals surface area contributed by atoms with Gasteiger partial charge in [-0.3, -0.25) is 9.52 Å². The van der Waals surface area contributed by atoms with E-state index in [1.165, 1.54) is 23.1 Å². The number of aryl methyl sites for hydroxylation is 2. The van der Waals surface area contributed by atoms with E-state index in [2.05, 4.69) is 44.3 Å². The van der Waals surface area contributed by atoms with Gasteiger partial charge in [-0.15, -0.1) is 0 Å². The number of carbonyl (C=O) groups is 1. The Kier molecular flexibility index (Phi) is 8.52. The van der Waals surface area contributed by atoms with Gasteiger partial charge in [0.2, 0.25) is 5.91 Å². The van der Waals surface area contributed by atoms with Crippen LogP contribution in [0.1, 0.15) is 67.6 Å². The summed E-state index contributed by atoms with van der Waals surface area (Å²) in [6, 6.07) is 12.5. The van der Waals surface area contributed by atoms with Gasteiger partial charge in [-0.1, -0.05) is 31.0 Å². The van der Waals surface area contributed by atoms with Crippen molar-refractivity contribution in [3.63, 3.8) is 0 Å². The molecule has 41 heavy (non-hydrogen) atoms. The molecule has 218 valence electrons. The number of halogens is 1. The fraction of sp³-hybridized carbons (Fsp3) is 0.500. The number of imidazole rings is 1. The van der Waals surface area contributed by atoms with Crippen LogP contribution in [0.15, 0.2) is 47.5 Å². The maximum atomic E-state index is 13.1. The highest BCUT2D eigenvalue weighted by Gasteiger charge is 2.36. The molecule has 0 saturated heterocycles. The van der Waals surface area contributed by atoms with E-state index >= 15 is 0 Å². The van der Waals surface area contributed by atoms with Gasteiger partial charge in [0.1, 0.15) is 11.6 Å². The lowest BCUT2D eigenvalue weighted by Gasteiger charge is -2.41. The summed E-state index contributed by atoms with van der Waals surface area (Å²) in [5.74, 6) is 2.04. The lowest BCUT2D eigenvalue weighted by Crippen LogP contribution is -2.44. The summed E-state index contributed by atoms with van der Waals surface area (Å²) in [5, 5.41) is 0.783. The van der Waals surface area contributed by atoms with Crippen molar-refractivity contribution in [3.8, 4) is 5.75 Å². The van der Waals surface area contributed by atoms with Crippen LogP contribution in [0.4, 0.5) is 5.69 Å². The Morgan fingerprint density at radius 1 is 1.17 bits per heavy atom. The summed E-state index contributed by atoms with van der Waals surface area (Å²) in [7, 11) is 0. The Labute approximate surface area is 252 Å². The monoisotopic (exact) mass is 594 g/mol. The fourth-order valence-corrected chi connectivity index (χ4v) is 7.11. The van der Waals surface area contributed by atoms with Gasteiger partial charge in [-0.2, -0.15) is 0 Å². The van der Waals surface area contributed by atoms with Crippen LogP contribution in [0.2, 0.25) is 5.02 Å². The van der Waals surface area contributed by atoms with Gasteiger partial charge in [0.15, 0.2) is 0 Å². The Morgan fingerprint density at radius 2 is 2.05 bits per heavy atom. The molecule has 4 atom stereocenters. The minimum Gasteiger partial charge on any atom is -0.491 e. The number of nitrogens with zero attached hydrogens (tertiary/aromatic N) is 3. The van der Waals surface area contributed by atoms with Crippen molar-refractivity contribution in [1.29, 1.82) is 0 Å². The molecule has 2 aliphatic heterocycles. The van der Waals surface area contributed by atoms with Crippen LogP contribution in [0.25, 0.3) is 0 Å². The third-order valence-corrected chi connectivity index (χ3v) is 9.81. The summed E-state index contributed by atoms with van der Waals surface area (Å²) in [4.78, 5) is 21.2. The summed E-state index contributed by atoms with van der Waals surface area (Å²) in [5.41, 5.74) is 4.48. The zero-order valence-corrected chi connectivity index (χ0v) is 25.6. The molecule has 1 saturated carbocycles. The number of hydrogen-bond acceptors (Lipinski definition) is 6. The van der Waals surface area contributed by atoms with Crippen LogP contribution >= 0.6 is 23.5 Å². The highest BCUT2D eigenvalue weighted by Crippen LogP contribution is 2.41. The van der Waals surface area contributed by atoms with Crippen molar-refractivity contribution in [2.45, 2.75) is 75.8 Å². The van der Waals surface area contributed by atoms with Crippen molar-refractivity contribution >= 4 is 35.1 Å². The predicted molar refractivity (Wildman–Crippen MR) is 164 cm³/mol. The molecule has 0 radical (unpaired) electrons. The van der Waals surface area contributed by atoms with Crippen molar-refractivity contribution in [3.05, 3.63) is 70.3 Å². The zero-order valence-electron chi connectivity index (χ0n) is 24.1. The second-order valence-corrected chi connectivity index (χ2v) is 12.9. The van der Waals surface area contributed by atoms with Crippen molar-refractivity contribution in [2.75, 3.05) is 31.2 Å². The second-order valence-electron chi connectivity index (χ2n) is 11.6. The molecule has 4 unspecified atom stereocenters. The first-order chi connectivity index (χ1) is 19.9. The molecule has 3 aliphatic rings. The lowest BCUT2D eigenvalue weighted by molar-refractivity contribution is -0.120. The number of hydrogen-bond donors (Lipinski definition) is 1. The van der Waals surface area contributed by atoms with E-state index in [0.717, 1.165) is 78.2 Å². The van der Waals surface area contributed by atoms with Gasteiger partial charge in [-0.25, -0.2) is 4.98 Å². The number of benzene rings is 2. The van der Waals surface area contributed by atoms with E-state index in [9.17, 15) is 4.79 Å². The predicted octanol–water partition coefficient (Wildman–Crippen LogP) is 6.52. The normalized spacial score (nSPS) is 24.8. The number of nitrogens with one attached hydrogen (secondary N) is 1. The number of fused-ring (bicyclic) bond motifs is 4. The molecule has 1 aliphatic carbocycles. The van der Waals surface area contributed by atoms with Crippen LogP contribution in [-0.4, -0.2) is 47.9 Å². The highest BCUT2D eigenvalue weighted by molar-refractivity contribution is 7.98. The number of anilines is 1. The second kappa shape index (κ2) is 12.3. The topological polar surface area (TPSA) is 68.6 Å². The van der Waals surface area contributed by atoms with Gasteiger partial charge in [0.05, 0.1) is 36.6 Å². The number of amides is 1. The minimum absolute atomic E-state index is 0.0624. The molecule has 0 spiro atoms. The van der Waals surface area contributed by atoms with E-state index in [0.29, 0.717) is 19.1 Å². The average Bonchev–Trinajstić information content (AvgIpc) is 3.22. The quantitative estimate of drug-likeness (QED) is 0.348. The molecular formula is C32H39ClN4O3S. The Balaban J connectivity index is 1.32. The van der Waals surface area contributed by atoms with Crippen molar-refractivity contribution < 1.29 is 14.3 Å². The molecule has 3 aromatic rings. The molecule has 2 aromatic carbocycles. The highest BCUT2D eigenvalue weighted by atomic mass is 35.5. The molecular weight excluding hydrogens is 556 g/mol. The van der Waals surface area contributed by atoms with Gasteiger partial charge < -0.3 is 18.9 Å². The standard InChI is InChI=1S/C32H39ClN4O3S/c1-4-5-22-14-25(33)7-9-27(22)24-17-37-16-23-6-10-30(23)39-13-12-36-18-28(34-21(36)3)20(2)32(38)35-41-26-8-11-31(40-19-24)29(37)15-26/h7-9,11,14-15,18,20,23-24,30H,4-6,10,12-13,16-17,19H2,1-3H3,(H,35,38). The Morgan fingerprint density at radius 3 is 2.85 bits per heavy atom. The summed E-state index contributed by atoms with van der Waals surface area (Å²) >= 11 is 7.76. The summed E-state index contributed by atoms with van der Waals surface area (Å²) in [6.07, 6.45) is 6.53. The molecule has 1 aromatic heterocycles. The minimum atomic E-state index is -0.354. The Hall–Kier alpha value is -2.68. The van der Waals surface area contributed by atoms with Gasteiger partial charge in [0.25, 0.3) is 0 Å². The third-order valence-electron chi connectivity index (χ3n) is 8.78. The first kappa shape index (κ1) is 28.4. The maximum absolute atomic E-state index is 13.1. The van der Waals surface area contributed by atoms with E-state index in [-0.39, 0.29) is 23.8 Å². The number of rotatable bonds is 3. The largest absolute Gasteiger partial charge is 0.491 e. The first-order valence-corrected chi connectivity index (χ1v) is 16.0. The van der Waals surface area contributed by atoms with Gasteiger partial charge in [0, 0.05) is 47.6 Å². The molecule has 1 N–H and O–H groups in total. The fourth-order valence-electron chi connectivity index (χ4n) is 6.21. The van der Waals surface area contributed by atoms with Crippen LogP contribution in [0.5, 0.6) is 5.75 Å². The van der Waals surface area contributed by atoms with Crippen LogP contribution in [0.3, 0.4) is 0 Å². The smallest absolute Gasteiger partial charge is 0.238 e. The number of ether oxygens (including phenoxy) is 2. The van der Waals surface area contributed by atoms with Crippen molar-refractivity contribution in [2.24, 2.45) is 5.92 Å². The van der Waals surface area contributed by atoms with Gasteiger partial charge in [-0.05, 0) is 86.5 Å². The summed E-state index contributed by atoms with van der Waals surface area (Å²) in [6.45, 7) is 9.82. The first-order valence-electron chi connectivity index (χ1n) is 14.8. The average molecular weight is 595 g/mol. The van der Waals surface area contributed by atoms with Crippen molar-refractivity contribution in [1.82, 2.24) is 14.3 Å². The third kappa shape index (κ3) is 6.11. The zero-order chi connectivity index (χ0) is 28.5. The number of carbonyl (C=O) groups excluding carboxylic acids is 1. The molecule has 6 rings (SSSR count). The van der Waals surface area contributed by atoms with E-state index < -0.39 is 0 Å². The number of aromatic nitrogens is 2. The molecule has 4 bridgehead atoms. The summed E-state index contributed by atoms with van der Waals surface area (Å²) < 4.78 is 18.1. The SMILES string of the molecule is CCCc1cc(Cl)ccc1C1COc2ccc3cc2N(C1)CC1CCC1OCCn1cc(nc1C)C(C)C(=O)NS3. The van der Waals surface area contributed by atoms with E-state index in [1.54, 1.807) is 0 Å².